The quantitative estimate of drug-likeness (QED) is 0.626. The summed E-state index contributed by atoms with van der Waals surface area (Å²) in [6.45, 7) is 0.0269. The van der Waals surface area contributed by atoms with E-state index in [1.807, 2.05) is 6.07 Å². The maximum Gasteiger partial charge on any atom is 0.368 e. The van der Waals surface area contributed by atoms with Crippen LogP contribution in [0.25, 0.3) is 5.69 Å². The van der Waals surface area contributed by atoms with Gasteiger partial charge in [0.05, 0.1) is 5.69 Å². The monoisotopic (exact) mass is 442 g/mol. The lowest BCUT2D eigenvalue weighted by molar-refractivity contribution is 0.288. The van der Waals surface area contributed by atoms with E-state index >= 15 is 0 Å². The predicted octanol–water partition coefficient (Wildman–Crippen LogP) is 1.99. The van der Waals surface area contributed by atoms with Crippen LogP contribution in [0.2, 0.25) is 0 Å². The number of nitrogens with zero attached hydrogens (tertiary/aromatic N) is 4. The molecule has 0 atom stereocenters. The standard InChI is InChI=1S/C15H12FIN4O3/c1-20-15(23)21(19-18-20)13-4-2-3-12(17)10(13)8-24-14-6-5-9(22)7-11(14)16/h2-7,22H,8H2,1H3. The number of hydrogen-bond donors (Lipinski definition) is 1. The van der Waals surface area contributed by atoms with Gasteiger partial charge in [0.2, 0.25) is 0 Å². The molecule has 0 bridgehead atoms. The highest BCUT2D eigenvalue weighted by atomic mass is 127. The second-order valence-electron chi connectivity index (χ2n) is 4.94. The van der Waals surface area contributed by atoms with Crippen molar-refractivity contribution in [2.45, 2.75) is 6.61 Å². The van der Waals surface area contributed by atoms with Crippen LogP contribution in [0, 0.1) is 9.39 Å². The van der Waals surface area contributed by atoms with Crippen molar-refractivity contribution >= 4 is 22.6 Å². The van der Waals surface area contributed by atoms with Crippen LogP contribution in [0.1, 0.15) is 5.56 Å². The van der Waals surface area contributed by atoms with E-state index in [1.54, 1.807) is 12.1 Å². The molecule has 0 spiro atoms. The summed E-state index contributed by atoms with van der Waals surface area (Å²) in [4.78, 5) is 12.1. The van der Waals surface area contributed by atoms with Crippen LogP contribution in [0.4, 0.5) is 4.39 Å². The molecule has 1 N–H and O–H groups in total. The highest BCUT2D eigenvalue weighted by molar-refractivity contribution is 14.1. The van der Waals surface area contributed by atoms with E-state index in [0.29, 0.717) is 11.3 Å². The molecule has 0 amide bonds. The summed E-state index contributed by atoms with van der Waals surface area (Å²) in [5, 5.41) is 16.8. The fourth-order valence-electron chi connectivity index (χ4n) is 2.11. The number of aromatic nitrogens is 4. The number of benzene rings is 2. The molecule has 7 nitrogen and oxygen atoms in total. The highest BCUT2D eigenvalue weighted by Crippen LogP contribution is 2.25. The smallest absolute Gasteiger partial charge is 0.368 e. The lowest BCUT2D eigenvalue weighted by Gasteiger charge is -2.12. The summed E-state index contributed by atoms with van der Waals surface area (Å²) in [5.41, 5.74) is 0.793. The van der Waals surface area contributed by atoms with Crippen molar-refractivity contribution in [3.63, 3.8) is 0 Å². The molecule has 0 radical (unpaired) electrons. The Labute approximate surface area is 149 Å². The predicted molar refractivity (Wildman–Crippen MR) is 91.7 cm³/mol. The molecule has 1 heterocycles. The molecule has 3 rings (SSSR count). The first-order valence-corrected chi connectivity index (χ1v) is 7.93. The third-order valence-corrected chi connectivity index (χ3v) is 4.34. The van der Waals surface area contributed by atoms with Crippen molar-refractivity contribution in [3.05, 3.63) is 61.8 Å². The second kappa shape index (κ2) is 6.59. The van der Waals surface area contributed by atoms with Gasteiger partial charge >= 0.3 is 5.69 Å². The minimum Gasteiger partial charge on any atom is -0.508 e. The Morgan fingerprint density at radius 1 is 1.29 bits per heavy atom. The van der Waals surface area contributed by atoms with E-state index in [1.165, 1.54) is 19.2 Å². The average Bonchev–Trinajstić information content (AvgIpc) is 2.87. The van der Waals surface area contributed by atoms with Crippen molar-refractivity contribution < 1.29 is 14.2 Å². The molecule has 124 valence electrons. The maximum atomic E-state index is 13.8. The van der Waals surface area contributed by atoms with Crippen LogP contribution in [-0.4, -0.2) is 24.9 Å². The van der Waals surface area contributed by atoms with Crippen molar-refractivity contribution in [1.82, 2.24) is 19.8 Å². The van der Waals surface area contributed by atoms with E-state index in [9.17, 15) is 14.3 Å². The Morgan fingerprint density at radius 3 is 2.75 bits per heavy atom. The van der Waals surface area contributed by atoms with Gasteiger partial charge in [-0.1, -0.05) is 6.07 Å². The van der Waals surface area contributed by atoms with E-state index in [2.05, 4.69) is 33.0 Å². The van der Waals surface area contributed by atoms with Crippen LogP contribution >= 0.6 is 22.6 Å². The number of aryl methyl sites for hydroxylation is 1. The third kappa shape index (κ3) is 3.11. The van der Waals surface area contributed by atoms with Gasteiger partial charge in [0, 0.05) is 22.2 Å². The Morgan fingerprint density at radius 2 is 2.08 bits per heavy atom. The number of aromatic hydroxyl groups is 1. The molecule has 0 saturated carbocycles. The van der Waals surface area contributed by atoms with Gasteiger partial charge in [0.25, 0.3) is 0 Å². The molecule has 2 aromatic carbocycles. The normalized spacial score (nSPS) is 10.8. The number of rotatable bonds is 4. The lowest BCUT2D eigenvalue weighted by Crippen LogP contribution is -2.23. The summed E-state index contributed by atoms with van der Waals surface area (Å²) in [6.07, 6.45) is 0. The molecule has 0 fully saturated rings. The SMILES string of the molecule is Cn1nnn(-c2cccc(I)c2COc2ccc(O)cc2F)c1=O. The number of phenolic OH excluding ortho intramolecular Hbond substituents is 1. The van der Waals surface area contributed by atoms with Crippen molar-refractivity contribution in [1.29, 1.82) is 0 Å². The van der Waals surface area contributed by atoms with Gasteiger partial charge in [0.1, 0.15) is 12.4 Å². The maximum absolute atomic E-state index is 13.8. The molecule has 0 aliphatic carbocycles. The number of phenols is 1. The summed E-state index contributed by atoms with van der Waals surface area (Å²) < 4.78 is 22.4. The summed E-state index contributed by atoms with van der Waals surface area (Å²) in [7, 11) is 1.50. The van der Waals surface area contributed by atoms with E-state index in [4.69, 9.17) is 4.74 Å². The van der Waals surface area contributed by atoms with Crippen molar-refractivity contribution in [3.8, 4) is 17.2 Å². The Bertz CT molecular complexity index is 954. The largest absolute Gasteiger partial charge is 0.508 e. The fourth-order valence-corrected chi connectivity index (χ4v) is 2.75. The van der Waals surface area contributed by atoms with Gasteiger partial charge in [-0.2, -0.15) is 9.36 Å². The van der Waals surface area contributed by atoms with Gasteiger partial charge in [-0.15, -0.1) is 0 Å². The zero-order valence-electron chi connectivity index (χ0n) is 12.5. The molecule has 9 heteroatoms. The van der Waals surface area contributed by atoms with Gasteiger partial charge < -0.3 is 9.84 Å². The topological polar surface area (TPSA) is 82.2 Å². The van der Waals surface area contributed by atoms with Crippen molar-refractivity contribution in [2.75, 3.05) is 0 Å². The Kier molecular flexibility index (Phi) is 4.51. The van der Waals surface area contributed by atoms with Crippen LogP contribution in [-0.2, 0) is 13.7 Å². The summed E-state index contributed by atoms with van der Waals surface area (Å²) >= 11 is 2.10. The summed E-state index contributed by atoms with van der Waals surface area (Å²) in [5.74, 6) is -0.843. The van der Waals surface area contributed by atoms with Crippen LogP contribution < -0.4 is 10.4 Å². The Balaban J connectivity index is 1.96. The molecule has 3 aromatic rings. The molecule has 0 aliphatic heterocycles. The first-order valence-electron chi connectivity index (χ1n) is 6.85. The van der Waals surface area contributed by atoms with Gasteiger partial charge in [-0.05, 0) is 57.3 Å². The summed E-state index contributed by atoms with van der Waals surface area (Å²) in [6, 6.07) is 8.99. The van der Waals surface area contributed by atoms with Crippen LogP contribution in [0.15, 0.2) is 41.2 Å². The van der Waals surface area contributed by atoms with Gasteiger partial charge in [-0.3, -0.25) is 0 Å². The number of tetrazole rings is 1. The Hall–Kier alpha value is -2.43. The molecule has 0 unspecified atom stereocenters. The number of halogens is 2. The minimum absolute atomic E-state index is 0.00453. The number of ether oxygens (including phenoxy) is 1. The highest BCUT2D eigenvalue weighted by Gasteiger charge is 2.15. The third-order valence-electron chi connectivity index (χ3n) is 3.33. The average molecular weight is 442 g/mol. The van der Waals surface area contributed by atoms with E-state index < -0.39 is 11.5 Å². The second-order valence-corrected chi connectivity index (χ2v) is 6.10. The molecule has 0 saturated heterocycles. The first kappa shape index (κ1) is 16.4. The molecule has 24 heavy (non-hydrogen) atoms. The molecule has 0 aliphatic rings. The zero-order valence-corrected chi connectivity index (χ0v) is 14.6. The molecular weight excluding hydrogens is 430 g/mol. The number of hydrogen-bond acceptors (Lipinski definition) is 5. The molecular formula is C15H12FIN4O3. The lowest BCUT2D eigenvalue weighted by atomic mass is 10.2. The fraction of sp³-hybridized carbons (Fsp3) is 0.133. The van der Waals surface area contributed by atoms with E-state index in [0.717, 1.165) is 19.0 Å². The van der Waals surface area contributed by atoms with E-state index in [-0.39, 0.29) is 18.1 Å². The van der Waals surface area contributed by atoms with Crippen molar-refractivity contribution in [2.24, 2.45) is 7.05 Å². The zero-order chi connectivity index (χ0) is 17.3. The van der Waals surface area contributed by atoms with Gasteiger partial charge in [0.15, 0.2) is 11.6 Å². The molecule has 1 aromatic heterocycles. The first-order chi connectivity index (χ1) is 11.5. The minimum atomic E-state index is -0.667. The van der Waals surface area contributed by atoms with Gasteiger partial charge in [-0.25, -0.2) is 9.18 Å². The van der Waals surface area contributed by atoms with Crippen LogP contribution in [0.5, 0.6) is 11.5 Å². The van der Waals surface area contributed by atoms with Crippen LogP contribution in [0.3, 0.4) is 0 Å².